The lowest BCUT2D eigenvalue weighted by Crippen LogP contribution is -2.46. The smallest absolute Gasteiger partial charge is 0.254 e. The number of benzene rings is 1. The maximum atomic E-state index is 12.8. The van der Waals surface area contributed by atoms with Crippen LogP contribution in [-0.2, 0) is 0 Å². The summed E-state index contributed by atoms with van der Waals surface area (Å²) in [5, 5.41) is 0. The van der Waals surface area contributed by atoms with Crippen molar-refractivity contribution < 1.29 is 9.53 Å². The Bertz CT molecular complexity index is 530. The zero-order chi connectivity index (χ0) is 14.8. The lowest BCUT2D eigenvalue weighted by molar-refractivity contribution is 0.0548. The first-order valence-electron chi connectivity index (χ1n) is 8.04. The second-order valence-electron chi connectivity index (χ2n) is 6.08. The fourth-order valence-corrected chi connectivity index (χ4v) is 3.84. The van der Waals surface area contributed by atoms with Crippen LogP contribution >= 0.6 is 0 Å². The van der Waals surface area contributed by atoms with Crippen LogP contribution in [0, 0.1) is 5.92 Å². The quantitative estimate of drug-likeness (QED) is 0.870. The Kier molecular flexibility index (Phi) is 4.04. The number of nitrogens with two attached hydrogens (primary N) is 1. The van der Waals surface area contributed by atoms with E-state index < -0.39 is 0 Å². The lowest BCUT2D eigenvalue weighted by atomic mass is 9.91. The summed E-state index contributed by atoms with van der Waals surface area (Å²) in [6.45, 7) is 3.38. The van der Waals surface area contributed by atoms with Crippen LogP contribution in [0.5, 0.6) is 5.75 Å². The molecule has 2 unspecified atom stereocenters. The van der Waals surface area contributed by atoms with Crippen molar-refractivity contribution >= 4 is 11.6 Å². The van der Waals surface area contributed by atoms with Crippen molar-refractivity contribution in [2.45, 2.75) is 45.1 Å². The molecule has 4 heteroatoms. The minimum absolute atomic E-state index is 0.126. The predicted molar refractivity (Wildman–Crippen MR) is 83.4 cm³/mol. The molecule has 1 amide bonds. The van der Waals surface area contributed by atoms with Gasteiger partial charge in [0.25, 0.3) is 5.91 Å². The van der Waals surface area contributed by atoms with E-state index in [2.05, 4.69) is 4.90 Å². The van der Waals surface area contributed by atoms with Gasteiger partial charge >= 0.3 is 0 Å². The average Bonchev–Trinajstić information content (AvgIpc) is 2.97. The summed E-state index contributed by atoms with van der Waals surface area (Å²) in [5.74, 6) is 1.50. The van der Waals surface area contributed by atoms with Crippen LogP contribution in [-0.4, -0.2) is 30.0 Å². The molecule has 1 aromatic rings. The monoisotopic (exact) mass is 288 g/mol. The summed E-state index contributed by atoms with van der Waals surface area (Å²) >= 11 is 0. The van der Waals surface area contributed by atoms with Crippen molar-refractivity contribution in [3.8, 4) is 5.75 Å². The molecule has 114 valence electrons. The maximum absolute atomic E-state index is 12.8. The highest BCUT2D eigenvalue weighted by molar-refractivity contribution is 5.95. The Morgan fingerprint density at radius 1 is 1.33 bits per heavy atom. The molecule has 21 heavy (non-hydrogen) atoms. The summed E-state index contributed by atoms with van der Waals surface area (Å²) < 4.78 is 5.44. The molecule has 0 radical (unpaired) electrons. The number of piperidine rings is 1. The highest BCUT2D eigenvalue weighted by Crippen LogP contribution is 2.37. The highest BCUT2D eigenvalue weighted by Gasteiger charge is 2.37. The lowest BCUT2D eigenvalue weighted by Gasteiger charge is -2.38. The largest absolute Gasteiger partial charge is 0.492 e. The summed E-state index contributed by atoms with van der Waals surface area (Å²) in [6, 6.07) is 5.84. The first-order valence-corrected chi connectivity index (χ1v) is 8.04. The number of amides is 1. The maximum Gasteiger partial charge on any atom is 0.254 e. The zero-order valence-corrected chi connectivity index (χ0v) is 12.7. The molecule has 2 fully saturated rings. The molecule has 1 aromatic carbocycles. The average molecular weight is 288 g/mol. The van der Waals surface area contributed by atoms with Gasteiger partial charge in [0.2, 0.25) is 0 Å². The van der Waals surface area contributed by atoms with Crippen molar-refractivity contribution in [1.29, 1.82) is 0 Å². The normalized spacial score (nSPS) is 24.7. The summed E-state index contributed by atoms with van der Waals surface area (Å²) in [6.07, 6.45) is 6.09. The molecule has 0 bridgehead atoms. The fraction of sp³-hybridized carbons (Fsp3) is 0.588. The number of fused-ring (bicyclic) bond motifs is 1. The van der Waals surface area contributed by atoms with Crippen molar-refractivity contribution in [1.82, 2.24) is 4.90 Å². The number of nitrogens with zero attached hydrogens (tertiary/aromatic N) is 1. The van der Waals surface area contributed by atoms with E-state index in [0.29, 0.717) is 35.6 Å². The van der Waals surface area contributed by atoms with Gasteiger partial charge in [0.15, 0.2) is 0 Å². The first kappa shape index (κ1) is 14.2. The number of nitrogen functional groups attached to an aromatic ring is 1. The molecule has 4 nitrogen and oxygen atoms in total. The second-order valence-corrected chi connectivity index (χ2v) is 6.08. The summed E-state index contributed by atoms with van der Waals surface area (Å²) in [5.41, 5.74) is 7.21. The molecule has 2 N–H and O–H groups in total. The van der Waals surface area contributed by atoms with Gasteiger partial charge in [0.05, 0.1) is 12.3 Å². The van der Waals surface area contributed by atoms with Gasteiger partial charge < -0.3 is 15.4 Å². The predicted octanol–water partition coefficient (Wildman–Crippen LogP) is 3.07. The topological polar surface area (TPSA) is 55.6 Å². The van der Waals surface area contributed by atoms with E-state index in [9.17, 15) is 4.79 Å². The zero-order valence-electron chi connectivity index (χ0n) is 12.7. The van der Waals surface area contributed by atoms with Crippen molar-refractivity contribution in [2.24, 2.45) is 5.92 Å². The van der Waals surface area contributed by atoms with Crippen molar-refractivity contribution in [3.63, 3.8) is 0 Å². The van der Waals surface area contributed by atoms with Gasteiger partial charge in [0, 0.05) is 18.2 Å². The van der Waals surface area contributed by atoms with Crippen LogP contribution in [0.25, 0.3) is 0 Å². The molecule has 3 rings (SSSR count). The van der Waals surface area contributed by atoms with Gasteiger partial charge in [-0.15, -0.1) is 0 Å². The Balaban J connectivity index is 1.79. The number of likely N-dealkylation sites (tertiary alicyclic amines) is 1. The number of hydrogen-bond acceptors (Lipinski definition) is 3. The molecule has 2 atom stereocenters. The van der Waals surface area contributed by atoms with Gasteiger partial charge in [-0.1, -0.05) is 6.42 Å². The van der Waals surface area contributed by atoms with Crippen LogP contribution in [0.3, 0.4) is 0 Å². The first-order chi connectivity index (χ1) is 10.2. The number of carbonyl (C=O) groups excluding carboxylic acids is 1. The van der Waals surface area contributed by atoms with E-state index >= 15 is 0 Å². The number of ether oxygens (including phenoxy) is 1. The van der Waals surface area contributed by atoms with Crippen LogP contribution in [0.2, 0.25) is 0 Å². The Morgan fingerprint density at radius 3 is 2.90 bits per heavy atom. The minimum atomic E-state index is 0.126. The SMILES string of the molecule is CCOc1ccc(C(=O)N2CCCC3CCCC32)cc1N. The number of carbonyl (C=O) groups is 1. The van der Waals surface area contributed by atoms with E-state index in [0.717, 1.165) is 19.4 Å². The van der Waals surface area contributed by atoms with E-state index in [4.69, 9.17) is 10.5 Å². The van der Waals surface area contributed by atoms with E-state index in [-0.39, 0.29) is 5.91 Å². The van der Waals surface area contributed by atoms with Gasteiger partial charge in [-0.05, 0) is 56.7 Å². The third-order valence-electron chi connectivity index (χ3n) is 4.81. The molecule has 1 heterocycles. The summed E-state index contributed by atoms with van der Waals surface area (Å²) in [7, 11) is 0. The molecular formula is C17H24N2O2. The molecule has 0 spiro atoms. The molecule has 1 saturated carbocycles. The third kappa shape index (κ3) is 2.71. The van der Waals surface area contributed by atoms with Crippen LogP contribution in [0.1, 0.15) is 49.4 Å². The van der Waals surface area contributed by atoms with Crippen LogP contribution < -0.4 is 10.5 Å². The van der Waals surface area contributed by atoms with Crippen molar-refractivity contribution in [2.75, 3.05) is 18.9 Å². The minimum Gasteiger partial charge on any atom is -0.492 e. The van der Waals surface area contributed by atoms with Crippen LogP contribution in [0.15, 0.2) is 18.2 Å². The molecule has 1 aliphatic carbocycles. The van der Waals surface area contributed by atoms with Crippen LogP contribution in [0.4, 0.5) is 5.69 Å². The highest BCUT2D eigenvalue weighted by atomic mass is 16.5. The van der Waals surface area contributed by atoms with Gasteiger partial charge in [-0.3, -0.25) is 4.79 Å². The second kappa shape index (κ2) is 5.96. The van der Waals surface area contributed by atoms with E-state index in [1.165, 1.54) is 19.3 Å². The van der Waals surface area contributed by atoms with Gasteiger partial charge in [0.1, 0.15) is 5.75 Å². The fourth-order valence-electron chi connectivity index (χ4n) is 3.84. The molecular weight excluding hydrogens is 264 g/mol. The third-order valence-corrected chi connectivity index (χ3v) is 4.81. The summed E-state index contributed by atoms with van der Waals surface area (Å²) in [4.78, 5) is 14.9. The number of rotatable bonds is 3. The molecule has 1 saturated heterocycles. The van der Waals surface area contributed by atoms with Gasteiger partial charge in [-0.25, -0.2) is 0 Å². The number of hydrogen-bond donors (Lipinski definition) is 1. The Morgan fingerprint density at radius 2 is 2.14 bits per heavy atom. The Hall–Kier alpha value is -1.71. The van der Waals surface area contributed by atoms with E-state index in [1.807, 2.05) is 19.1 Å². The molecule has 2 aliphatic rings. The van der Waals surface area contributed by atoms with Crippen molar-refractivity contribution in [3.05, 3.63) is 23.8 Å². The molecule has 1 aliphatic heterocycles. The number of anilines is 1. The van der Waals surface area contributed by atoms with Gasteiger partial charge in [-0.2, -0.15) is 0 Å². The Labute approximate surface area is 126 Å². The molecule has 0 aromatic heterocycles. The van der Waals surface area contributed by atoms with E-state index in [1.54, 1.807) is 6.07 Å². The standard InChI is InChI=1S/C17H24N2O2/c1-2-21-16-9-8-13(11-14(16)18)17(20)19-10-4-6-12-5-3-7-15(12)19/h8-9,11-12,15H,2-7,10,18H2,1H3.